The van der Waals surface area contributed by atoms with E-state index < -0.39 is 0 Å². The van der Waals surface area contributed by atoms with Gasteiger partial charge in [-0.25, -0.2) is 0 Å². The summed E-state index contributed by atoms with van der Waals surface area (Å²) in [6.07, 6.45) is 1.09. The largest absolute Gasteiger partial charge is 0.488 e. The SMILES string of the molecule is CCc1ccc(COc2ccc(Br)c(CNC)c2)s1. The van der Waals surface area contributed by atoms with Gasteiger partial charge in [0.2, 0.25) is 0 Å². The predicted octanol–water partition coefficient (Wildman–Crippen LogP) is 4.37. The van der Waals surface area contributed by atoms with Crippen molar-refractivity contribution in [1.29, 1.82) is 0 Å². The average molecular weight is 340 g/mol. The Kier molecular flexibility index (Phi) is 5.43. The Morgan fingerprint density at radius 1 is 1.21 bits per heavy atom. The highest BCUT2D eigenvalue weighted by molar-refractivity contribution is 9.10. The van der Waals surface area contributed by atoms with E-state index in [4.69, 9.17) is 4.74 Å². The Bertz CT molecular complexity index is 539. The van der Waals surface area contributed by atoms with Crippen molar-refractivity contribution in [3.8, 4) is 5.75 Å². The second-order valence-electron chi connectivity index (χ2n) is 4.29. The van der Waals surface area contributed by atoms with Crippen LogP contribution in [-0.4, -0.2) is 7.05 Å². The smallest absolute Gasteiger partial charge is 0.122 e. The van der Waals surface area contributed by atoms with Crippen molar-refractivity contribution in [2.75, 3.05) is 7.05 Å². The molecule has 1 aromatic heterocycles. The summed E-state index contributed by atoms with van der Waals surface area (Å²) in [6.45, 7) is 3.65. The molecular weight excluding hydrogens is 322 g/mol. The van der Waals surface area contributed by atoms with E-state index in [1.165, 1.54) is 15.3 Å². The van der Waals surface area contributed by atoms with Crippen LogP contribution in [0.4, 0.5) is 0 Å². The Hall–Kier alpha value is -0.840. The van der Waals surface area contributed by atoms with E-state index in [2.05, 4.69) is 46.4 Å². The second-order valence-corrected chi connectivity index (χ2v) is 6.40. The van der Waals surface area contributed by atoms with Crippen molar-refractivity contribution >= 4 is 27.3 Å². The molecule has 0 amide bonds. The van der Waals surface area contributed by atoms with Gasteiger partial charge in [0.05, 0.1) is 0 Å². The monoisotopic (exact) mass is 339 g/mol. The van der Waals surface area contributed by atoms with Crippen molar-refractivity contribution in [1.82, 2.24) is 5.32 Å². The van der Waals surface area contributed by atoms with Crippen LogP contribution in [0.2, 0.25) is 0 Å². The second kappa shape index (κ2) is 7.08. The van der Waals surface area contributed by atoms with Gasteiger partial charge in [-0.3, -0.25) is 0 Å². The summed E-state index contributed by atoms with van der Waals surface area (Å²) >= 11 is 5.37. The zero-order chi connectivity index (χ0) is 13.7. The lowest BCUT2D eigenvalue weighted by Crippen LogP contribution is -2.06. The third-order valence-corrected chi connectivity index (χ3v) is 4.81. The first-order valence-electron chi connectivity index (χ1n) is 6.36. The quantitative estimate of drug-likeness (QED) is 0.843. The van der Waals surface area contributed by atoms with E-state index in [1.54, 1.807) is 0 Å². The van der Waals surface area contributed by atoms with Gasteiger partial charge in [-0.1, -0.05) is 22.9 Å². The first-order chi connectivity index (χ1) is 9.22. The molecule has 1 heterocycles. The van der Waals surface area contributed by atoms with Gasteiger partial charge in [0.15, 0.2) is 0 Å². The molecule has 0 aliphatic rings. The van der Waals surface area contributed by atoms with Gasteiger partial charge < -0.3 is 10.1 Å². The average Bonchev–Trinajstić information content (AvgIpc) is 2.88. The van der Waals surface area contributed by atoms with E-state index in [0.29, 0.717) is 6.61 Å². The minimum Gasteiger partial charge on any atom is -0.488 e. The summed E-state index contributed by atoms with van der Waals surface area (Å²) in [4.78, 5) is 2.68. The van der Waals surface area contributed by atoms with Gasteiger partial charge in [-0.15, -0.1) is 11.3 Å². The molecular formula is C15H18BrNOS. The molecule has 0 fully saturated rings. The maximum Gasteiger partial charge on any atom is 0.122 e. The molecule has 0 aliphatic heterocycles. The summed E-state index contributed by atoms with van der Waals surface area (Å²) in [5.74, 6) is 0.917. The molecule has 4 heteroatoms. The van der Waals surface area contributed by atoms with Crippen LogP contribution in [0.15, 0.2) is 34.8 Å². The van der Waals surface area contributed by atoms with Gasteiger partial charge in [0.25, 0.3) is 0 Å². The minimum atomic E-state index is 0.644. The maximum absolute atomic E-state index is 5.85. The molecule has 0 bridgehead atoms. The minimum absolute atomic E-state index is 0.644. The molecule has 19 heavy (non-hydrogen) atoms. The van der Waals surface area contributed by atoms with Crippen LogP contribution >= 0.6 is 27.3 Å². The zero-order valence-corrected chi connectivity index (χ0v) is 13.6. The number of nitrogens with one attached hydrogen (secondary N) is 1. The van der Waals surface area contributed by atoms with Gasteiger partial charge >= 0.3 is 0 Å². The first-order valence-corrected chi connectivity index (χ1v) is 7.97. The van der Waals surface area contributed by atoms with Crippen LogP contribution in [0, 0.1) is 0 Å². The fourth-order valence-electron chi connectivity index (χ4n) is 1.81. The van der Waals surface area contributed by atoms with Crippen molar-refractivity contribution in [3.63, 3.8) is 0 Å². The molecule has 2 aromatic rings. The van der Waals surface area contributed by atoms with Crippen LogP contribution in [-0.2, 0) is 19.6 Å². The molecule has 102 valence electrons. The lowest BCUT2D eigenvalue weighted by atomic mass is 10.2. The molecule has 2 rings (SSSR count). The zero-order valence-electron chi connectivity index (χ0n) is 11.2. The molecule has 1 aromatic carbocycles. The standard InChI is InChI=1S/C15H18BrNOS/c1-3-13-5-6-14(19-13)10-18-12-4-7-15(16)11(8-12)9-17-2/h4-8,17H,3,9-10H2,1-2H3. The number of aryl methyl sites for hydroxylation is 1. The summed E-state index contributed by atoms with van der Waals surface area (Å²) in [5, 5.41) is 3.15. The van der Waals surface area contributed by atoms with E-state index in [9.17, 15) is 0 Å². The summed E-state index contributed by atoms with van der Waals surface area (Å²) in [5.41, 5.74) is 1.21. The lowest BCUT2D eigenvalue weighted by Gasteiger charge is -2.09. The van der Waals surface area contributed by atoms with Crippen LogP contribution < -0.4 is 10.1 Å². The fourth-order valence-corrected chi connectivity index (χ4v) is 3.07. The molecule has 0 saturated heterocycles. The van der Waals surface area contributed by atoms with Crippen molar-refractivity contribution in [2.45, 2.75) is 26.5 Å². The molecule has 0 aliphatic carbocycles. The van der Waals surface area contributed by atoms with Gasteiger partial charge in [-0.2, -0.15) is 0 Å². The fraction of sp³-hybridized carbons (Fsp3) is 0.333. The Morgan fingerprint density at radius 3 is 2.68 bits per heavy atom. The highest BCUT2D eigenvalue weighted by Crippen LogP contribution is 2.24. The van der Waals surface area contributed by atoms with Crippen molar-refractivity contribution in [2.24, 2.45) is 0 Å². The number of thiophene rings is 1. The normalized spacial score (nSPS) is 10.7. The summed E-state index contributed by atoms with van der Waals surface area (Å²) in [7, 11) is 1.94. The van der Waals surface area contributed by atoms with E-state index in [-0.39, 0.29) is 0 Å². The molecule has 1 N–H and O–H groups in total. The van der Waals surface area contributed by atoms with Crippen LogP contribution in [0.3, 0.4) is 0 Å². The maximum atomic E-state index is 5.85. The number of halogens is 1. The van der Waals surface area contributed by atoms with Gasteiger partial charge in [0.1, 0.15) is 12.4 Å². The van der Waals surface area contributed by atoms with Gasteiger partial charge in [0, 0.05) is 20.8 Å². The lowest BCUT2D eigenvalue weighted by molar-refractivity contribution is 0.309. The molecule has 2 nitrogen and oxygen atoms in total. The first kappa shape index (κ1) is 14.6. The number of rotatable bonds is 6. The number of benzene rings is 1. The van der Waals surface area contributed by atoms with E-state index in [0.717, 1.165) is 23.2 Å². The number of ether oxygens (including phenoxy) is 1. The van der Waals surface area contributed by atoms with Crippen molar-refractivity contribution in [3.05, 3.63) is 50.1 Å². The topological polar surface area (TPSA) is 21.3 Å². The number of hydrogen-bond acceptors (Lipinski definition) is 3. The Balaban J connectivity index is 2.00. The van der Waals surface area contributed by atoms with Crippen molar-refractivity contribution < 1.29 is 4.74 Å². The Labute approximate surface area is 126 Å². The van der Waals surface area contributed by atoms with Crippen LogP contribution in [0.1, 0.15) is 22.2 Å². The van der Waals surface area contributed by atoms with Gasteiger partial charge in [-0.05, 0) is 49.4 Å². The highest BCUT2D eigenvalue weighted by atomic mass is 79.9. The summed E-state index contributed by atoms with van der Waals surface area (Å²) in [6, 6.07) is 10.4. The third kappa shape index (κ3) is 4.06. The molecule has 0 unspecified atom stereocenters. The molecule has 0 radical (unpaired) electrons. The highest BCUT2D eigenvalue weighted by Gasteiger charge is 2.03. The molecule has 0 atom stereocenters. The van der Waals surface area contributed by atoms with E-state index in [1.807, 2.05) is 30.5 Å². The van der Waals surface area contributed by atoms with E-state index >= 15 is 0 Å². The van der Waals surface area contributed by atoms with Crippen LogP contribution in [0.5, 0.6) is 5.75 Å². The Morgan fingerprint density at radius 2 is 2.00 bits per heavy atom. The third-order valence-electron chi connectivity index (χ3n) is 2.83. The molecule has 0 saturated carbocycles. The van der Waals surface area contributed by atoms with Crippen LogP contribution in [0.25, 0.3) is 0 Å². The predicted molar refractivity (Wildman–Crippen MR) is 84.9 cm³/mol. The number of hydrogen-bond donors (Lipinski definition) is 1. The molecule has 0 spiro atoms. The summed E-state index contributed by atoms with van der Waals surface area (Å²) < 4.78 is 6.96.